The van der Waals surface area contributed by atoms with E-state index in [0.717, 1.165) is 45.7 Å². The summed E-state index contributed by atoms with van der Waals surface area (Å²) >= 11 is 0. The minimum atomic E-state index is -0.0464. The molecule has 3 aromatic rings. The Bertz CT molecular complexity index is 879. The molecule has 0 radical (unpaired) electrons. The lowest BCUT2D eigenvalue weighted by molar-refractivity contribution is -0.120. The van der Waals surface area contributed by atoms with E-state index in [-0.39, 0.29) is 12.3 Å². The van der Waals surface area contributed by atoms with Crippen molar-refractivity contribution < 1.29 is 14.1 Å². The van der Waals surface area contributed by atoms with Crippen molar-refractivity contribution in [3.05, 3.63) is 47.0 Å². The highest BCUT2D eigenvalue weighted by Crippen LogP contribution is 2.29. The highest BCUT2D eigenvalue weighted by molar-refractivity contribution is 5.93. The molecule has 0 aliphatic carbocycles. The molecule has 2 heterocycles. The summed E-state index contributed by atoms with van der Waals surface area (Å²) < 4.78 is 10.9. The van der Waals surface area contributed by atoms with Crippen molar-refractivity contribution in [3.8, 4) is 5.75 Å². The molecule has 3 rings (SSSR count). The Morgan fingerprint density at radius 3 is 2.96 bits per heavy atom. The van der Waals surface area contributed by atoms with E-state index in [1.807, 2.05) is 45.2 Å². The topological polar surface area (TPSA) is 80.2 Å². The van der Waals surface area contributed by atoms with Crippen molar-refractivity contribution in [3.63, 3.8) is 0 Å². The Labute approximate surface area is 146 Å². The monoisotopic (exact) mass is 341 g/mol. The average molecular weight is 341 g/mol. The van der Waals surface area contributed by atoms with Gasteiger partial charge in [-0.3, -0.25) is 4.79 Å². The predicted octanol–water partition coefficient (Wildman–Crippen LogP) is 3.28. The number of aryl methyl sites for hydroxylation is 2. The van der Waals surface area contributed by atoms with Gasteiger partial charge in [0.15, 0.2) is 0 Å². The molecule has 1 amide bonds. The van der Waals surface area contributed by atoms with Gasteiger partial charge in [-0.05, 0) is 38.0 Å². The quantitative estimate of drug-likeness (QED) is 0.691. The molecule has 0 saturated carbocycles. The van der Waals surface area contributed by atoms with Crippen LogP contribution in [0.4, 0.5) is 0 Å². The van der Waals surface area contributed by atoms with E-state index in [2.05, 4.69) is 15.5 Å². The zero-order chi connectivity index (χ0) is 17.8. The van der Waals surface area contributed by atoms with Gasteiger partial charge < -0.3 is 19.6 Å². The molecule has 2 aromatic heterocycles. The molecule has 25 heavy (non-hydrogen) atoms. The van der Waals surface area contributed by atoms with E-state index >= 15 is 0 Å². The lowest BCUT2D eigenvalue weighted by Gasteiger charge is -2.08. The first-order chi connectivity index (χ1) is 12.1. The first-order valence-electron chi connectivity index (χ1n) is 8.56. The minimum absolute atomic E-state index is 0.0464. The largest absolute Gasteiger partial charge is 0.493 e. The number of rotatable bonds is 7. The maximum Gasteiger partial charge on any atom is 0.224 e. The SMILES string of the molecule is CCOc1cccc2[nH]cc(CC(=O)NCc3c(CC)noc3C)c12. The molecule has 132 valence electrons. The number of nitrogens with one attached hydrogen (secondary N) is 2. The van der Waals surface area contributed by atoms with Crippen molar-refractivity contribution in [2.45, 2.75) is 40.2 Å². The summed E-state index contributed by atoms with van der Waals surface area (Å²) in [5, 5.41) is 7.94. The van der Waals surface area contributed by atoms with Crippen LogP contribution in [0, 0.1) is 6.92 Å². The van der Waals surface area contributed by atoms with Crippen molar-refractivity contribution >= 4 is 16.8 Å². The Morgan fingerprint density at radius 2 is 2.20 bits per heavy atom. The molecule has 0 saturated heterocycles. The number of carbonyl (C=O) groups excluding carboxylic acids is 1. The van der Waals surface area contributed by atoms with Crippen LogP contribution in [0.2, 0.25) is 0 Å². The fourth-order valence-corrected chi connectivity index (χ4v) is 3.00. The molecular formula is C19H23N3O3. The van der Waals surface area contributed by atoms with Crippen LogP contribution in [-0.4, -0.2) is 22.7 Å². The second kappa shape index (κ2) is 7.42. The molecule has 6 heteroatoms. The average Bonchev–Trinajstić information content (AvgIpc) is 3.17. The van der Waals surface area contributed by atoms with E-state index in [4.69, 9.17) is 9.26 Å². The molecule has 0 unspecified atom stereocenters. The molecule has 0 atom stereocenters. The van der Waals surface area contributed by atoms with Crippen molar-refractivity contribution in [2.24, 2.45) is 0 Å². The summed E-state index contributed by atoms with van der Waals surface area (Å²) in [7, 11) is 0. The zero-order valence-electron chi connectivity index (χ0n) is 14.8. The van der Waals surface area contributed by atoms with Gasteiger partial charge in [0.2, 0.25) is 5.91 Å². The lowest BCUT2D eigenvalue weighted by atomic mass is 10.1. The minimum Gasteiger partial charge on any atom is -0.493 e. The van der Waals surface area contributed by atoms with Crippen LogP contribution in [0.3, 0.4) is 0 Å². The molecule has 0 aliphatic heterocycles. The third-order valence-electron chi connectivity index (χ3n) is 4.26. The van der Waals surface area contributed by atoms with Crippen LogP contribution in [-0.2, 0) is 24.2 Å². The molecule has 0 aliphatic rings. The van der Waals surface area contributed by atoms with Crippen molar-refractivity contribution in [1.29, 1.82) is 0 Å². The third kappa shape index (κ3) is 3.52. The van der Waals surface area contributed by atoms with Gasteiger partial charge in [-0.1, -0.05) is 18.1 Å². The van der Waals surface area contributed by atoms with Crippen LogP contribution < -0.4 is 10.1 Å². The van der Waals surface area contributed by atoms with Crippen LogP contribution in [0.25, 0.3) is 10.9 Å². The summed E-state index contributed by atoms with van der Waals surface area (Å²) in [4.78, 5) is 15.6. The summed E-state index contributed by atoms with van der Waals surface area (Å²) in [6.45, 7) is 6.84. The zero-order valence-corrected chi connectivity index (χ0v) is 14.8. The number of H-pyrrole nitrogens is 1. The van der Waals surface area contributed by atoms with Gasteiger partial charge in [-0.2, -0.15) is 0 Å². The fraction of sp³-hybridized carbons (Fsp3) is 0.368. The summed E-state index contributed by atoms with van der Waals surface area (Å²) in [5.41, 5.74) is 3.75. The van der Waals surface area contributed by atoms with Gasteiger partial charge in [-0.15, -0.1) is 0 Å². The van der Waals surface area contributed by atoms with Crippen LogP contribution in [0.5, 0.6) is 5.75 Å². The Balaban J connectivity index is 1.73. The number of amides is 1. The van der Waals surface area contributed by atoms with E-state index in [9.17, 15) is 4.79 Å². The number of fused-ring (bicyclic) bond motifs is 1. The standard InChI is InChI=1S/C19H23N3O3/c1-4-15-14(12(3)25-22-15)11-21-18(23)9-13-10-20-16-7-6-8-17(19(13)16)24-5-2/h6-8,10,20H,4-5,9,11H2,1-3H3,(H,21,23). The van der Waals surface area contributed by atoms with Crippen molar-refractivity contribution in [1.82, 2.24) is 15.5 Å². The number of carbonyl (C=O) groups is 1. The second-order valence-corrected chi connectivity index (χ2v) is 5.90. The van der Waals surface area contributed by atoms with Gasteiger partial charge in [0.25, 0.3) is 0 Å². The fourth-order valence-electron chi connectivity index (χ4n) is 3.00. The molecule has 0 bridgehead atoms. The van der Waals surface area contributed by atoms with E-state index < -0.39 is 0 Å². The maximum atomic E-state index is 12.4. The Kier molecular flexibility index (Phi) is 5.07. The smallest absolute Gasteiger partial charge is 0.224 e. The molecular weight excluding hydrogens is 318 g/mol. The number of ether oxygens (including phenoxy) is 1. The highest BCUT2D eigenvalue weighted by Gasteiger charge is 2.15. The van der Waals surface area contributed by atoms with Crippen LogP contribution >= 0.6 is 0 Å². The number of benzene rings is 1. The maximum absolute atomic E-state index is 12.4. The number of hydrogen-bond donors (Lipinski definition) is 2. The van der Waals surface area contributed by atoms with Gasteiger partial charge >= 0.3 is 0 Å². The molecule has 2 N–H and O–H groups in total. The lowest BCUT2D eigenvalue weighted by Crippen LogP contribution is -2.25. The van der Waals surface area contributed by atoms with Crippen LogP contribution in [0.1, 0.15) is 36.4 Å². The summed E-state index contributed by atoms with van der Waals surface area (Å²) in [6.07, 6.45) is 2.94. The normalized spacial score (nSPS) is 11.0. The van der Waals surface area contributed by atoms with E-state index in [1.54, 1.807) is 0 Å². The number of aromatic amines is 1. The summed E-state index contributed by atoms with van der Waals surface area (Å²) in [5.74, 6) is 1.50. The first-order valence-corrected chi connectivity index (χ1v) is 8.56. The second-order valence-electron chi connectivity index (χ2n) is 5.90. The van der Waals surface area contributed by atoms with E-state index in [1.165, 1.54) is 0 Å². The number of aromatic nitrogens is 2. The summed E-state index contributed by atoms with van der Waals surface area (Å²) in [6, 6.07) is 5.84. The van der Waals surface area contributed by atoms with Crippen LogP contribution in [0.15, 0.2) is 28.9 Å². The van der Waals surface area contributed by atoms with Gasteiger partial charge in [-0.25, -0.2) is 0 Å². The third-order valence-corrected chi connectivity index (χ3v) is 4.26. The highest BCUT2D eigenvalue weighted by atomic mass is 16.5. The Hall–Kier alpha value is -2.76. The molecule has 1 aromatic carbocycles. The van der Waals surface area contributed by atoms with Gasteiger partial charge in [0.05, 0.1) is 18.7 Å². The van der Waals surface area contributed by atoms with E-state index in [0.29, 0.717) is 13.2 Å². The van der Waals surface area contributed by atoms with Gasteiger partial charge in [0.1, 0.15) is 11.5 Å². The molecule has 0 fully saturated rings. The van der Waals surface area contributed by atoms with Crippen molar-refractivity contribution in [2.75, 3.05) is 6.61 Å². The molecule has 6 nitrogen and oxygen atoms in total. The first kappa shape index (κ1) is 17.1. The number of hydrogen-bond acceptors (Lipinski definition) is 4. The van der Waals surface area contributed by atoms with Gasteiger partial charge in [0, 0.05) is 29.2 Å². The predicted molar refractivity (Wildman–Crippen MR) is 95.6 cm³/mol. The molecule has 0 spiro atoms. The Morgan fingerprint density at radius 1 is 1.36 bits per heavy atom. The number of nitrogens with zero attached hydrogens (tertiary/aromatic N) is 1.